The Kier molecular flexibility index (Phi) is 6.50. The van der Waals surface area contributed by atoms with Crippen molar-refractivity contribution in [2.45, 2.75) is 39.7 Å². The zero-order chi connectivity index (χ0) is 22.7. The molecule has 9 nitrogen and oxygen atoms in total. The van der Waals surface area contributed by atoms with E-state index in [1.165, 1.54) is 18.0 Å². The summed E-state index contributed by atoms with van der Waals surface area (Å²) in [6, 6.07) is 7.11. The van der Waals surface area contributed by atoms with Crippen LogP contribution in [-0.2, 0) is 19.1 Å². The maximum Gasteiger partial charge on any atom is 0.355 e. The number of nitrogens with two attached hydrogens (primary N) is 1. The average Bonchev–Trinajstić information content (AvgIpc) is 3.18. The lowest BCUT2D eigenvalue weighted by Gasteiger charge is -2.25. The number of ether oxygens (including phenoxy) is 1. The molecule has 1 aliphatic heterocycles. The van der Waals surface area contributed by atoms with Crippen LogP contribution in [0.25, 0.3) is 0 Å². The maximum absolute atomic E-state index is 12.6. The van der Waals surface area contributed by atoms with Crippen molar-refractivity contribution in [1.29, 1.82) is 0 Å². The molecule has 1 atom stereocenters. The Morgan fingerprint density at radius 3 is 2.68 bits per heavy atom. The van der Waals surface area contributed by atoms with Crippen LogP contribution in [0.1, 0.15) is 41.3 Å². The number of hydrogen-bond acceptors (Lipinski definition) is 7. The second-order valence-electron chi connectivity index (χ2n) is 7.11. The lowest BCUT2D eigenvalue weighted by molar-refractivity contribution is -0.146. The number of esters is 1. The summed E-state index contributed by atoms with van der Waals surface area (Å²) in [5.41, 5.74) is 7.88. The van der Waals surface area contributed by atoms with Crippen molar-refractivity contribution in [1.82, 2.24) is 0 Å². The Hall–Kier alpha value is -3.53. The first-order valence-electron chi connectivity index (χ1n) is 9.54. The third-order valence-corrected chi connectivity index (χ3v) is 5.51. The summed E-state index contributed by atoms with van der Waals surface area (Å²) in [6.45, 7) is 5.15. The number of primary amides is 1. The lowest BCUT2D eigenvalue weighted by atomic mass is 10.1. The monoisotopic (exact) mass is 442 g/mol. The molecule has 0 fully saturated rings. The minimum absolute atomic E-state index is 0.0501. The molecule has 0 radical (unpaired) electrons. The van der Waals surface area contributed by atoms with Crippen LogP contribution < -0.4 is 16.1 Å². The fraction of sp³-hybridized carbons (Fsp3) is 0.286. The number of rotatable bonds is 6. The van der Waals surface area contributed by atoms with Gasteiger partial charge in [-0.2, -0.15) is 10.1 Å². The molecule has 1 unspecified atom stereocenters. The molecule has 0 aliphatic carbocycles. The summed E-state index contributed by atoms with van der Waals surface area (Å²) < 4.78 is 5.24. The molecule has 3 N–H and O–H groups in total. The Morgan fingerprint density at radius 2 is 1.97 bits per heavy atom. The summed E-state index contributed by atoms with van der Waals surface area (Å²) >= 11 is 1.13. The molecule has 10 heteroatoms. The standard InChI is InChI=1S/C21H22N4O5S/c1-11-4-5-12(2)16(10-11)25-17(26)7-6-15(24-25)21(29)30-13(3)19(28)23-20-14(18(22)27)8-9-31-20/h4-5,8-10,13H,6-7H2,1-3H3,(H2,22,27)(H,23,28). The van der Waals surface area contributed by atoms with Gasteiger partial charge in [0.1, 0.15) is 10.7 Å². The number of hydrogen-bond donors (Lipinski definition) is 2. The summed E-state index contributed by atoms with van der Waals surface area (Å²) in [7, 11) is 0. The molecule has 0 spiro atoms. The molecule has 0 saturated heterocycles. The molecule has 162 valence electrons. The van der Waals surface area contributed by atoms with Gasteiger partial charge in [-0.3, -0.25) is 14.4 Å². The van der Waals surface area contributed by atoms with Crippen molar-refractivity contribution in [3.8, 4) is 0 Å². The summed E-state index contributed by atoms with van der Waals surface area (Å²) in [5, 5.41) is 9.83. The molecule has 3 amide bonds. The van der Waals surface area contributed by atoms with Crippen LogP contribution in [0, 0.1) is 13.8 Å². The molecular weight excluding hydrogens is 420 g/mol. The first-order valence-corrected chi connectivity index (χ1v) is 10.4. The Morgan fingerprint density at radius 1 is 1.23 bits per heavy atom. The van der Waals surface area contributed by atoms with Gasteiger partial charge in [0.25, 0.3) is 11.8 Å². The number of anilines is 2. The van der Waals surface area contributed by atoms with E-state index >= 15 is 0 Å². The highest BCUT2D eigenvalue weighted by molar-refractivity contribution is 7.14. The highest BCUT2D eigenvalue weighted by atomic mass is 32.1. The van der Waals surface area contributed by atoms with Gasteiger partial charge in [-0.25, -0.2) is 4.79 Å². The number of aryl methyl sites for hydroxylation is 2. The van der Waals surface area contributed by atoms with Crippen LogP contribution >= 0.6 is 11.3 Å². The minimum atomic E-state index is -1.15. The molecule has 1 aliphatic rings. The molecule has 31 heavy (non-hydrogen) atoms. The number of benzene rings is 1. The zero-order valence-electron chi connectivity index (χ0n) is 17.3. The van der Waals surface area contributed by atoms with Gasteiger partial charge < -0.3 is 15.8 Å². The van der Waals surface area contributed by atoms with Gasteiger partial charge in [-0.15, -0.1) is 11.3 Å². The van der Waals surface area contributed by atoms with E-state index in [0.717, 1.165) is 22.5 Å². The van der Waals surface area contributed by atoms with Crippen molar-refractivity contribution >= 4 is 51.4 Å². The average molecular weight is 442 g/mol. The number of nitrogens with zero attached hydrogens (tertiary/aromatic N) is 2. The van der Waals surface area contributed by atoms with Crippen LogP contribution in [0.2, 0.25) is 0 Å². The van der Waals surface area contributed by atoms with Crippen LogP contribution in [0.3, 0.4) is 0 Å². The van der Waals surface area contributed by atoms with E-state index in [0.29, 0.717) is 5.69 Å². The Labute approximate surface area is 182 Å². The van der Waals surface area contributed by atoms with E-state index in [-0.39, 0.29) is 35.0 Å². The van der Waals surface area contributed by atoms with Crippen molar-refractivity contribution in [2.75, 3.05) is 10.3 Å². The first-order chi connectivity index (χ1) is 14.7. The van der Waals surface area contributed by atoms with E-state index in [9.17, 15) is 19.2 Å². The van der Waals surface area contributed by atoms with Crippen molar-refractivity contribution in [3.63, 3.8) is 0 Å². The SMILES string of the molecule is Cc1ccc(C)c(N2N=C(C(=O)OC(C)C(=O)Nc3sccc3C(N)=O)CCC2=O)c1. The van der Waals surface area contributed by atoms with Gasteiger partial charge in [-0.05, 0) is 49.4 Å². The van der Waals surface area contributed by atoms with E-state index in [4.69, 9.17) is 10.5 Å². The number of carbonyl (C=O) groups excluding carboxylic acids is 4. The predicted octanol–water partition coefficient (Wildman–Crippen LogP) is 2.52. The van der Waals surface area contributed by atoms with Gasteiger partial charge in [0.05, 0.1) is 11.3 Å². The summed E-state index contributed by atoms with van der Waals surface area (Å²) in [5.74, 6) is -2.30. The molecule has 1 aromatic carbocycles. The van der Waals surface area contributed by atoms with Crippen molar-refractivity contribution in [2.24, 2.45) is 10.8 Å². The van der Waals surface area contributed by atoms with E-state index in [1.807, 2.05) is 32.0 Å². The zero-order valence-corrected chi connectivity index (χ0v) is 18.1. The van der Waals surface area contributed by atoms with Gasteiger partial charge >= 0.3 is 5.97 Å². The number of amides is 3. The predicted molar refractivity (Wildman–Crippen MR) is 117 cm³/mol. The van der Waals surface area contributed by atoms with E-state index in [2.05, 4.69) is 10.4 Å². The number of thiophene rings is 1. The van der Waals surface area contributed by atoms with Crippen molar-refractivity contribution < 1.29 is 23.9 Å². The third kappa shape index (κ3) is 4.97. The third-order valence-electron chi connectivity index (χ3n) is 4.68. The fourth-order valence-electron chi connectivity index (χ4n) is 2.93. The topological polar surface area (TPSA) is 131 Å². The maximum atomic E-state index is 12.6. The van der Waals surface area contributed by atoms with Crippen molar-refractivity contribution in [3.05, 3.63) is 46.3 Å². The van der Waals surface area contributed by atoms with Gasteiger partial charge in [-0.1, -0.05) is 12.1 Å². The minimum Gasteiger partial charge on any atom is -0.448 e. The van der Waals surface area contributed by atoms with E-state index < -0.39 is 23.9 Å². The molecular formula is C21H22N4O5S. The molecule has 3 rings (SSSR count). The normalized spacial score (nSPS) is 14.6. The smallest absolute Gasteiger partial charge is 0.355 e. The fourth-order valence-corrected chi connectivity index (χ4v) is 3.73. The lowest BCUT2D eigenvalue weighted by Crippen LogP contribution is -2.38. The summed E-state index contributed by atoms with van der Waals surface area (Å²) in [6.07, 6.45) is -0.937. The first kappa shape index (κ1) is 22.2. The van der Waals surface area contributed by atoms with Crippen LogP contribution in [0.5, 0.6) is 0 Å². The second kappa shape index (κ2) is 9.09. The van der Waals surface area contributed by atoms with Crippen LogP contribution in [0.4, 0.5) is 10.7 Å². The number of nitrogens with one attached hydrogen (secondary N) is 1. The highest BCUT2D eigenvalue weighted by Gasteiger charge is 2.29. The van der Waals surface area contributed by atoms with Gasteiger partial charge in [0, 0.05) is 12.8 Å². The number of carbonyl (C=O) groups is 4. The van der Waals surface area contributed by atoms with E-state index in [1.54, 1.807) is 5.38 Å². The number of hydrazone groups is 1. The van der Waals surface area contributed by atoms with Crippen LogP contribution in [-0.4, -0.2) is 35.5 Å². The quantitative estimate of drug-likeness (QED) is 0.664. The van der Waals surface area contributed by atoms with Gasteiger partial charge in [0.2, 0.25) is 5.91 Å². The Balaban J connectivity index is 1.72. The molecule has 2 aromatic rings. The second-order valence-corrected chi connectivity index (χ2v) is 8.02. The molecule has 0 saturated carbocycles. The Bertz CT molecular complexity index is 1090. The summed E-state index contributed by atoms with van der Waals surface area (Å²) in [4.78, 5) is 48.7. The highest BCUT2D eigenvalue weighted by Crippen LogP contribution is 2.26. The largest absolute Gasteiger partial charge is 0.448 e. The van der Waals surface area contributed by atoms with Gasteiger partial charge in [0.15, 0.2) is 6.10 Å². The molecule has 2 heterocycles. The molecule has 1 aromatic heterocycles. The van der Waals surface area contributed by atoms with Crippen LogP contribution in [0.15, 0.2) is 34.7 Å². The molecule has 0 bridgehead atoms.